The maximum atomic E-state index is 12.1. The van der Waals surface area contributed by atoms with Gasteiger partial charge in [-0.25, -0.2) is 0 Å². The fourth-order valence-electron chi connectivity index (χ4n) is 1.82. The summed E-state index contributed by atoms with van der Waals surface area (Å²) in [7, 11) is 3.46. The van der Waals surface area contributed by atoms with Gasteiger partial charge in [0.2, 0.25) is 0 Å². The molecule has 0 aliphatic heterocycles. The number of halogens is 3. The zero-order valence-corrected chi connectivity index (χ0v) is 11.4. The van der Waals surface area contributed by atoms with Crippen molar-refractivity contribution in [2.45, 2.75) is 6.36 Å². The van der Waals surface area contributed by atoms with Gasteiger partial charge in [0, 0.05) is 25.9 Å². The second kappa shape index (κ2) is 5.51. The molecule has 0 aliphatic rings. The average Bonchev–Trinajstić information content (AvgIpc) is 2.38. The summed E-state index contributed by atoms with van der Waals surface area (Å²) < 4.78 is 40.1. The number of H-pyrrole nitrogens is 1. The Hall–Kier alpha value is -2.44. The Morgan fingerprint density at radius 1 is 1.10 bits per heavy atom. The van der Waals surface area contributed by atoms with Crippen LogP contribution >= 0.6 is 0 Å². The Kier molecular flexibility index (Phi) is 3.93. The molecule has 1 aromatic heterocycles. The molecule has 0 aliphatic carbocycles. The number of benzene rings is 1. The molecule has 0 saturated carbocycles. The van der Waals surface area contributed by atoms with Crippen LogP contribution in [0.5, 0.6) is 5.75 Å². The number of rotatable bonds is 3. The van der Waals surface area contributed by atoms with Crippen LogP contribution in [-0.2, 0) is 0 Å². The molecule has 0 spiro atoms. The van der Waals surface area contributed by atoms with Crippen LogP contribution in [-0.4, -0.2) is 25.4 Å². The predicted molar refractivity (Wildman–Crippen MR) is 73.5 cm³/mol. The van der Waals surface area contributed by atoms with Gasteiger partial charge in [-0.05, 0) is 23.8 Å². The lowest BCUT2D eigenvalue weighted by Crippen LogP contribution is -2.20. The number of hydrogen-bond donors (Lipinski definition) is 1. The van der Waals surface area contributed by atoms with Gasteiger partial charge < -0.3 is 14.6 Å². The summed E-state index contributed by atoms with van der Waals surface area (Å²) in [5.41, 5.74) is 1.59. The van der Waals surface area contributed by atoms with Crippen LogP contribution in [0.1, 0.15) is 0 Å². The summed E-state index contributed by atoms with van der Waals surface area (Å²) >= 11 is 0. The van der Waals surface area contributed by atoms with E-state index in [9.17, 15) is 18.0 Å². The molecule has 0 fully saturated rings. The van der Waals surface area contributed by atoms with Gasteiger partial charge in [0.15, 0.2) is 0 Å². The number of ether oxygens (including phenoxy) is 1. The number of nitrogens with one attached hydrogen (secondary N) is 1. The first-order chi connectivity index (χ1) is 9.76. The van der Waals surface area contributed by atoms with Crippen molar-refractivity contribution in [2.24, 2.45) is 0 Å². The third-order valence-corrected chi connectivity index (χ3v) is 2.79. The second-order valence-corrected chi connectivity index (χ2v) is 4.57. The highest BCUT2D eigenvalue weighted by molar-refractivity contribution is 5.67. The van der Waals surface area contributed by atoms with Crippen LogP contribution in [0.15, 0.2) is 41.3 Å². The first-order valence-electron chi connectivity index (χ1n) is 6.02. The third-order valence-electron chi connectivity index (χ3n) is 2.79. The summed E-state index contributed by atoms with van der Waals surface area (Å²) in [5.74, 6) is -0.288. The normalized spacial score (nSPS) is 11.3. The number of nitrogens with zero attached hydrogens (tertiary/aromatic N) is 1. The number of anilines is 1. The molecule has 7 heteroatoms. The number of aromatic nitrogens is 1. The van der Waals surface area contributed by atoms with Crippen molar-refractivity contribution in [1.29, 1.82) is 0 Å². The van der Waals surface area contributed by atoms with Crippen molar-refractivity contribution in [1.82, 2.24) is 4.98 Å². The van der Waals surface area contributed by atoms with Gasteiger partial charge in [0.05, 0.1) is 0 Å². The van der Waals surface area contributed by atoms with Crippen LogP contribution in [0, 0.1) is 0 Å². The highest BCUT2D eigenvalue weighted by Gasteiger charge is 2.30. The fraction of sp³-hybridized carbons (Fsp3) is 0.214. The zero-order valence-electron chi connectivity index (χ0n) is 11.4. The van der Waals surface area contributed by atoms with E-state index in [0.29, 0.717) is 16.8 Å². The van der Waals surface area contributed by atoms with E-state index in [2.05, 4.69) is 9.72 Å². The number of pyridine rings is 1. The van der Waals surface area contributed by atoms with Crippen molar-refractivity contribution >= 4 is 5.69 Å². The summed E-state index contributed by atoms with van der Waals surface area (Å²) in [4.78, 5) is 15.9. The lowest BCUT2D eigenvalue weighted by Gasteiger charge is -2.13. The van der Waals surface area contributed by atoms with Gasteiger partial charge in [-0.15, -0.1) is 13.2 Å². The first-order valence-corrected chi connectivity index (χ1v) is 6.02. The third kappa shape index (κ3) is 3.77. The van der Waals surface area contributed by atoms with Crippen molar-refractivity contribution in [3.8, 4) is 16.9 Å². The molecule has 1 heterocycles. The van der Waals surface area contributed by atoms with E-state index >= 15 is 0 Å². The highest BCUT2D eigenvalue weighted by Crippen LogP contribution is 2.26. The Labute approximate surface area is 118 Å². The van der Waals surface area contributed by atoms with Crippen LogP contribution in [0.4, 0.5) is 18.9 Å². The van der Waals surface area contributed by atoms with E-state index in [1.54, 1.807) is 25.1 Å². The van der Waals surface area contributed by atoms with Crippen molar-refractivity contribution in [3.63, 3.8) is 0 Å². The molecule has 1 aromatic carbocycles. The minimum atomic E-state index is -4.71. The van der Waals surface area contributed by atoms with Gasteiger partial charge in [-0.2, -0.15) is 0 Å². The number of aromatic amines is 1. The average molecular weight is 298 g/mol. The van der Waals surface area contributed by atoms with Crippen LogP contribution in [0.2, 0.25) is 0 Å². The van der Waals surface area contributed by atoms with E-state index in [-0.39, 0.29) is 11.3 Å². The van der Waals surface area contributed by atoms with Gasteiger partial charge in [0.25, 0.3) is 5.56 Å². The minimum absolute atomic E-state index is 0.235. The van der Waals surface area contributed by atoms with Crippen LogP contribution < -0.4 is 15.2 Å². The van der Waals surface area contributed by atoms with Gasteiger partial charge in [-0.3, -0.25) is 4.79 Å². The first kappa shape index (κ1) is 15.0. The largest absolute Gasteiger partial charge is 0.573 e. The fourth-order valence-corrected chi connectivity index (χ4v) is 1.82. The highest BCUT2D eigenvalue weighted by atomic mass is 19.4. The molecular weight excluding hydrogens is 285 g/mol. The van der Waals surface area contributed by atoms with Gasteiger partial charge >= 0.3 is 6.36 Å². The number of hydrogen-bond acceptors (Lipinski definition) is 3. The molecule has 112 valence electrons. The van der Waals surface area contributed by atoms with Crippen molar-refractivity contribution < 1.29 is 17.9 Å². The molecule has 0 atom stereocenters. The van der Waals surface area contributed by atoms with Crippen molar-refractivity contribution in [3.05, 3.63) is 46.9 Å². The Morgan fingerprint density at radius 3 is 2.24 bits per heavy atom. The zero-order chi connectivity index (χ0) is 15.6. The Bertz CT molecular complexity index is 676. The molecular formula is C14H13F3N2O2. The Balaban J connectivity index is 2.31. The number of alkyl halides is 3. The SMILES string of the molecule is CN(C)c1cc(-c2ccc(OC(F)(F)F)cc2)c[nH]c1=O. The molecule has 2 aromatic rings. The molecule has 1 N–H and O–H groups in total. The summed E-state index contributed by atoms with van der Waals surface area (Å²) in [6.45, 7) is 0. The molecule has 0 saturated heterocycles. The Morgan fingerprint density at radius 2 is 1.71 bits per heavy atom. The second-order valence-electron chi connectivity index (χ2n) is 4.57. The van der Waals surface area contributed by atoms with Gasteiger partial charge in [0.1, 0.15) is 11.4 Å². The lowest BCUT2D eigenvalue weighted by atomic mass is 10.1. The molecule has 2 rings (SSSR count). The summed E-state index contributed by atoms with van der Waals surface area (Å²) in [6, 6.07) is 7.10. The lowest BCUT2D eigenvalue weighted by molar-refractivity contribution is -0.274. The van der Waals surface area contributed by atoms with Crippen LogP contribution in [0.3, 0.4) is 0 Å². The summed E-state index contributed by atoms with van der Waals surface area (Å²) in [5, 5.41) is 0. The summed E-state index contributed by atoms with van der Waals surface area (Å²) in [6.07, 6.45) is -3.20. The minimum Gasteiger partial charge on any atom is -0.406 e. The molecule has 0 unspecified atom stereocenters. The van der Waals surface area contributed by atoms with Crippen LogP contribution in [0.25, 0.3) is 11.1 Å². The molecule has 0 amide bonds. The van der Waals surface area contributed by atoms with Crippen molar-refractivity contribution in [2.75, 3.05) is 19.0 Å². The maximum absolute atomic E-state index is 12.1. The smallest absolute Gasteiger partial charge is 0.406 e. The predicted octanol–water partition coefficient (Wildman–Crippen LogP) is 3.01. The molecule has 0 radical (unpaired) electrons. The van der Waals surface area contributed by atoms with E-state index in [1.807, 2.05) is 0 Å². The topological polar surface area (TPSA) is 45.3 Å². The quantitative estimate of drug-likeness (QED) is 0.947. The molecule has 4 nitrogen and oxygen atoms in total. The maximum Gasteiger partial charge on any atom is 0.573 e. The standard InChI is InChI=1S/C14H13F3N2O2/c1-19(2)12-7-10(8-18-13(12)20)9-3-5-11(6-4-9)21-14(15,16)17/h3-8H,1-2H3,(H,18,20). The molecule has 0 bridgehead atoms. The van der Waals surface area contributed by atoms with E-state index in [4.69, 9.17) is 0 Å². The van der Waals surface area contributed by atoms with Gasteiger partial charge in [-0.1, -0.05) is 12.1 Å². The van der Waals surface area contributed by atoms with E-state index in [0.717, 1.165) is 0 Å². The molecule has 21 heavy (non-hydrogen) atoms. The monoisotopic (exact) mass is 298 g/mol. The van der Waals surface area contributed by atoms with E-state index < -0.39 is 6.36 Å². The van der Waals surface area contributed by atoms with E-state index in [1.165, 1.54) is 30.5 Å².